The number of ether oxygens (including phenoxy) is 3. The number of rotatable bonds is 6. The van der Waals surface area contributed by atoms with Gasteiger partial charge in [0.05, 0.1) is 19.2 Å². The number of aryl methyl sites for hydroxylation is 1. The fourth-order valence-corrected chi connectivity index (χ4v) is 3.21. The minimum Gasteiger partial charge on any atom is -0.493 e. The monoisotopic (exact) mass is 351 g/mol. The highest BCUT2D eigenvalue weighted by Gasteiger charge is 2.16. The molecule has 4 rings (SSSR count). The van der Waals surface area contributed by atoms with E-state index in [1.807, 2.05) is 25.2 Å². The zero-order valence-electron chi connectivity index (χ0n) is 15.1. The number of hydrogen-bond acceptors (Lipinski definition) is 4. The normalized spacial score (nSPS) is 11.3. The van der Waals surface area contributed by atoms with Gasteiger partial charge in [0.25, 0.3) is 0 Å². The molecule has 26 heavy (non-hydrogen) atoms. The predicted molar refractivity (Wildman–Crippen MR) is 102 cm³/mol. The molecule has 0 aliphatic rings. The molecule has 0 saturated heterocycles. The third-order valence-corrected chi connectivity index (χ3v) is 4.50. The fraction of sp³-hybridized carbons (Fsp3) is 0.250. The molecule has 0 saturated carbocycles. The summed E-state index contributed by atoms with van der Waals surface area (Å²) in [7, 11) is 5.33. The molecular formula is C20H21N3O3. The number of H-pyrrole nitrogens is 1. The van der Waals surface area contributed by atoms with Crippen LogP contribution in [0.1, 0.15) is 0 Å². The summed E-state index contributed by atoms with van der Waals surface area (Å²) in [6.45, 7) is 1.00. The largest absolute Gasteiger partial charge is 0.493 e. The van der Waals surface area contributed by atoms with Crippen LogP contribution in [0.2, 0.25) is 0 Å². The highest BCUT2D eigenvalue weighted by atomic mass is 16.5. The summed E-state index contributed by atoms with van der Waals surface area (Å²) < 4.78 is 18.5. The molecule has 4 aromatic rings. The molecule has 3 aromatic heterocycles. The van der Waals surface area contributed by atoms with Gasteiger partial charge < -0.3 is 23.8 Å². The number of benzene rings is 1. The van der Waals surface area contributed by atoms with Gasteiger partial charge in [0, 0.05) is 54.6 Å². The summed E-state index contributed by atoms with van der Waals surface area (Å²) >= 11 is 0. The molecule has 0 fully saturated rings. The quantitative estimate of drug-likeness (QED) is 0.537. The molecule has 134 valence electrons. The number of aromatic nitrogens is 3. The van der Waals surface area contributed by atoms with Crippen molar-refractivity contribution in [3.63, 3.8) is 0 Å². The molecule has 6 heteroatoms. The van der Waals surface area contributed by atoms with E-state index < -0.39 is 0 Å². The molecule has 0 spiro atoms. The molecule has 0 radical (unpaired) electrons. The summed E-state index contributed by atoms with van der Waals surface area (Å²) in [5.41, 5.74) is 4.08. The fourth-order valence-electron chi connectivity index (χ4n) is 3.21. The van der Waals surface area contributed by atoms with Crippen LogP contribution < -0.4 is 9.47 Å². The smallest absolute Gasteiger partial charge is 0.163 e. The van der Waals surface area contributed by atoms with Crippen LogP contribution in [0.25, 0.3) is 33.2 Å². The van der Waals surface area contributed by atoms with Gasteiger partial charge in [-0.25, -0.2) is 4.98 Å². The Labute approximate surface area is 151 Å². The maximum atomic E-state index is 5.81. The van der Waals surface area contributed by atoms with E-state index in [1.165, 1.54) is 0 Å². The number of aromatic amines is 1. The second-order valence-electron chi connectivity index (χ2n) is 6.14. The van der Waals surface area contributed by atoms with Gasteiger partial charge in [-0.1, -0.05) is 0 Å². The summed E-state index contributed by atoms with van der Waals surface area (Å²) in [6.07, 6.45) is 3.89. The lowest BCUT2D eigenvalue weighted by Gasteiger charge is -2.11. The summed E-state index contributed by atoms with van der Waals surface area (Å²) in [5.74, 6) is 1.42. The van der Waals surface area contributed by atoms with Gasteiger partial charge in [-0.05, 0) is 24.3 Å². The predicted octanol–water partition coefficient (Wildman–Crippen LogP) is 3.76. The van der Waals surface area contributed by atoms with Gasteiger partial charge in [0.2, 0.25) is 0 Å². The van der Waals surface area contributed by atoms with E-state index >= 15 is 0 Å². The maximum absolute atomic E-state index is 5.81. The average Bonchev–Trinajstić information content (AvgIpc) is 3.22. The number of pyridine rings is 1. The van der Waals surface area contributed by atoms with Crippen molar-refractivity contribution >= 4 is 21.9 Å². The van der Waals surface area contributed by atoms with Crippen LogP contribution in [-0.4, -0.2) is 42.0 Å². The molecule has 1 N–H and O–H groups in total. The first kappa shape index (κ1) is 16.5. The topological polar surface area (TPSA) is 61.3 Å². The molecule has 0 atom stereocenters. The van der Waals surface area contributed by atoms with E-state index in [-0.39, 0.29) is 0 Å². The van der Waals surface area contributed by atoms with Crippen molar-refractivity contribution in [3.05, 3.63) is 42.7 Å². The van der Waals surface area contributed by atoms with Crippen LogP contribution in [0.15, 0.2) is 42.7 Å². The van der Waals surface area contributed by atoms with Crippen molar-refractivity contribution < 1.29 is 14.2 Å². The average molecular weight is 351 g/mol. The highest BCUT2D eigenvalue weighted by molar-refractivity contribution is 5.99. The summed E-state index contributed by atoms with van der Waals surface area (Å²) in [4.78, 5) is 7.78. The number of nitrogens with zero attached hydrogens (tertiary/aromatic N) is 2. The van der Waals surface area contributed by atoms with Crippen LogP contribution in [0.3, 0.4) is 0 Å². The van der Waals surface area contributed by atoms with Crippen LogP contribution in [0, 0.1) is 0 Å². The molecule has 0 bridgehead atoms. The number of fused-ring (bicyclic) bond motifs is 2. The van der Waals surface area contributed by atoms with Crippen LogP contribution in [0.5, 0.6) is 11.5 Å². The molecular weight excluding hydrogens is 330 g/mol. The third-order valence-electron chi connectivity index (χ3n) is 4.50. The first-order valence-electron chi connectivity index (χ1n) is 8.44. The number of methoxy groups -OCH3 is 2. The standard InChI is InChI=1S/C20H21N3O3/c1-23-12-15(16-9-13-5-4-6-21-20(13)22-16)14-10-18(25-3)19(11-17(14)23)26-8-7-24-2/h4-6,9-12H,7-8H2,1-3H3,(H,21,22). The SMILES string of the molecule is COCCOc1cc2c(cc1OC)c(-c1cc3cccnc3[nH]1)cn2C. The summed E-state index contributed by atoms with van der Waals surface area (Å²) in [6, 6.07) is 10.1. The van der Waals surface area contributed by atoms with E-state index in [2.05, 4.69) is 32.9 Å². The van der Waals surface area contributed by atoms with Crippen molar-refractivity contribution in [1.29, 1.82) is 0 Å². The Bertz CT molecular complexity index is 1030. The van der Waals surface area contributed by atoms with Gasteiger partial charge in [0.1, 0.15) is 12.3 Å². The van der Waals surface area contributed by atoms with E-state index in [0.717, 1.165) is 33.2 Å². The minimum absolute atomic E-state index is 0.476. The van der Waals surface area contributed by atoms with Crippen LogP contribution >= 0.6 is 0 Å². The van der Waals surface area contributed by atoms with Crippen molar-refractivity contribution in [3.8, 4) is 22.8 Å². The van der Waals surface area contributed by atoms with Gasteiger partial charge in [0.15, 0.2) is 11.5 Å². The van der Waals surface area contributed by atoms with E-state index in [0.29, 0.717) is 24.7 Å². The maximum Gasteiger partial charge on any atom is 0.163 e. The molecule has 1 aromatic carbocycles. The van der Waals surface area contributed by atoms with Crippen molar-refractivity contribution in [2.45, 2.75) is 0 Å². The molecule has 0 aliphatic heterocycles. The molecule has 6 nitrogen and oxygen atoms in total. The first-order chi connectivity index (χ1) is 12.7. The lowest BCUT2D eigenvalue weighted by molar-refractivity contribution is 0.144. The molecule has 0 amide bonds. The Morgan fingerprint density at radius 2 is 2.00 bits per heavy atom. The second kappa shape index (κ2) is 6.72. The van der Waals surface area contributed by atoms with E-state index in [4.69, 9.17) is 14.2 Å². The lowest BCUT2D eigenvalue weighted by Crippen LogP contribution is -2.05. The van der Waals surface area contributed by atoms with Gasteiger partial charge in [-0.3, -0.25) is 0 Å². The minimum atomic E-state index is 0.476. The van der Waals surface area contributed by atoms with Crippen molar-refractivity contribution in [1.82, 2.24) is 14.5 Å². The van der Waals surface area contributed by atoms with Gasteiger partial charge in [-0.2, -0.15) is 0 Å². The Kier molecular flexibility index (Phi) is 4.26. The van der Waals surface area contributed by atoms with Crippen LogP contribution in [-0.2, 0) is 11.8 Å². The highest BCUT2D eigenvalue weighted by Crippen LogP contribution is 2.38. The zero-order valence-corrected chi connectivity index (χ0v) is 15.1. The number of hydrogen-bond donors (Lipinski definition) is 1. The Balaban J connectivity index is 1.83. The zero-order chi connectivity index (χ0) is 18.1. The second-order valence-corrected chi connectivity index (χ2v) is 6.14. The molecule has 3 heterocycles. The Morgan fingerprint density at radius 3 is 2.77 bits per heavy atom. The van der Waals surface area contributed by atoms with Crippen molar-refractivity contribution in [2.75, 3.05) is 27.4 Å². The van der Waals surface area contributed by atoms with E-state index in [9.17, 15) is 0 Å². The van der Waals surface area contributed by atoms with Crippen LogP contribution in [0.4, 0.5) is 0 Å². The third kappa shape index (κ3) is 2.78. The first-order valence-corrected chi connectivity index (χ1v) is 8.44. The lowest BCUT2D eigenvalue weighted by atomic mass is 10.1. The Hall–Kier alpha value is -2.99. The summed E-state index contributed by atoms with van der Waals surface area (Å²) in [5, 5.41) is 2.18. The van der Waals surface area contributed by atoms with Gasteiger partial charge >= 0.3 is 0 Å². The van der Waals surface area contributed by atoms with E-state index in [1.54, 1.807) is 20.4 Å². The van der Waals surface area contributed by atoms with Gasteiger partial charge in [-0.15, -0.1) is 0 Å². The molecule has 0 unspecified atom stereocenters. The Morgan fingerprint density at radius 1 is 1.12 bits per heavy atom. The van der Waals surface area contributed by atoms with Crippen molar-refractivity contribution in [2.24, 2.45) is 7.05 Å². The molecule has 0 aliphatic carbocycles. The number of nitrogens with one attached hydrogen (secondary N) is 1.